The van der Waals surface area contributed by atoms with Gasteiger partial charge in [-0.3, -0.25) is 4.79 Å². The number of aromatic nitrogens is 2. The number of rotatable bonds is 4. The smallest absolute Gasteiger partial charge is 0.231 e. The molecule has 0 unspecified atom stereocenters. The van der Waals surface area contributed by atoms with E-state index in [0.717, 1.165) is 37.1 Å². The van der Waals surface area contributed by atoms with E-state index in [-0.39, 0.29) is 5.78 Å². The number of hydrogen-bond acceptors (Lipinski definition) is 6. The number of benzene rings is 2. The molecule has 6 heteroatoms. The number of Topliss-reactive ketones (excluding diaryl/α,β-unsaturated/α-hetero) is 1. The molecule has 1 aromatic heterocycles. The molecule has 0 radical (unpaired) electrons. The predicted octanol–water partition coefficient (Wildman–Crippen LogP) is 3.38. The molecular formula is C21H22N4O2. The largest absolute Gasteiger partial charge is 0.438 e. The number of piperazine rings is 1. The Balaban J connectivity index is 1.69. The van der Waals surface area contributed by atoms with Crippen LogP contribution in [0.1, 0.15) is 17.3 Å². The van der Waals surface area contributed by atoms with Crippen LogP contribution in [0.15, 0.2) is 48.5 Å². The molecule has 0 atom stereocenters. The van der Waals surface area contributed by atoms with Gasteiger partial charge in [0.2, 0.25) is 11.8 Å². The van der Waals surface area contributed by atoms with Crippen molar-refractivity contribution in [1.29, 1.82) is 0 Å². The van der Waals surface area contributed by atoms with Crippen LogP contribution in [0, 0.1) is 0 Å². The van der Waals surface area contributed by atoms with Crippen molar-refractivity contribution in [1.82, 2.24) is 14.9 Å². The zero-order valence-corrected chi connectivity index (χ0v) is 15.6. The first-order chi connectivity index (χ1) is 13.1. The van der Waals surface area contributed by atoms with Crippen molar-refractivity contribution < 1.29 is 9.53 Å². The first-order valence-electron chi connectivity index (χ1n) is 9.09. The summed E-state index contributed by atoms with van der Waals surface area (Å²) in [5.41, 5.74) is 1.52. The minimum atomic E-state index is 0.0337. The molecule has 6 nitrogen and oxygen atoms in total. The second-order valence-corrected chi connectivity index (χ2v) is 6.82. The molecule has 27 heavy (non-hydrogen) atoms. The third-order valence-corrected chi connectivity index (χ3v) is 4.82. The lowest BCUT2D eigenvalue weighted by Gasteiger charge is -2.32. The molecule has 0 aliphatic carbocycles. The van der Waals surface area contributed by atoms with Crippen molar-refractivity contribution in [2.24, 2.45) is 0 Å². The normalized spacial score (nSPS) is 15.1. The van der Waals surface area contributed by atoms with E-state index in [4.69, 9.17) is 14.7 Å². The Hall–Kier alpha value is -2.99. The van der Waals surface area contributed by atoms with Crippen LogP contribution < -0.4 is 9.64 Å². The highest BCUT2D eigenvalue weighted by Gasteiger charge is 2.19. The van der Waals surface area contributed by atoms with E-state index in [2.05, 4.69) is 16.8 Å². The molecule has 3 aromatic rings. The fourth-order valence-corrected chi connectivity index (χ4v) is 3.13. The summed E-state index contributed by atoms with van der Waals surface area (Å²) < 4.78 is 6.08. The molecule has 0 bridgehead atoms. The van der Waals surface area contributed by atoms with Gasteiger partial charge in [-0.05, 0) is 50.4 Å². The lowest BCUT2D eigenvalue weighted by molar-refractivity contribution is 0.101. The number of carbonyl (C=O) groups excluding carboxylic acids is 1. The summed E-state index contributed by atoms with van der Waals surface area (Å²) in [6.45, 7) is 5.30. The summed E-state index contributed by atoms with van der Waals surface area (Å²) in [5, 5.41) is 0.867. The molecule has 0 saturated carbocycles. The second kappa shape index (κ2) is 7.32. The number of carbonyl (C=O) groups is 1. The summed E-state index contributed by atoms with van der Waals surface area (Å²) in [6.07, 6.45) is 0. The number of anilines is 1. The Labute approximate surface area is 158 Å². The average Bonchev–Trinajstić information content (AvgIpc) is 2.69. The van der Waals surface area contributed by atoms with E-state index < -0.39 is 0 Å². The predicted molar refractivity (Wildman–Crippen MR) is 106 cm³/mol. The fourth-order valence-electron chi connectivity index (χ4n) is 3.13. The van der Waals surface area contributed by atoms with Crippen molar-refractivity contribution in [2.45, 2.75) is 6.92 Å². The molecule has 138 valence electrons. The van der Waals surface area contributed by atoms with Crippen LogP contribution in [0.3, 0.4) is 0 Å². The zero-order valence-electron chi connectivity index (χ0n) is 15.6. The molecule has 0 amide bonds. The zero-order chi connectivity index (χ0) is 18.8. The second-order valence-electron chi connectivity index (χ2n) is 6.82. The summed E-state index contributed by atoms with van der Waals surface area (Å²) in [6, 6.07) is 15.0. The van der Waals surface area contributed by atoms with E-state index in [1.807, 2.05) is 24.3 Å². The van der Waals surface area contributed by atoms with Gasteiger partial charge < -0.3 is 14.5 Å². The highest BCUT2D eigenvalue weighted by Crippen LogP contribution is 2.29. The van der Waals surface area contributed by atoms with Gasteiger partial charge in [0.05, 0.1) is 10.9 Å². The van der Waals surface area contributed by atoms with E-state index in [0.29, 0.717) is 23.1 Å². The molecule has 2 aromatic carbocycles. The summed E-state index contributed by atoms with van der Waals surface area (Å²) in [4.78, 5) is 25.4. The first kappa shape index (κ1) is 17.4. The third-order valence-electron chi connectivity index (χ3n) is 4.82. The van der Waals surface area contributed by atoms with Crippen molar-refractivity contribution in [3.05, 3.63) is 54.1 Å². The number of ether oxygens (including phenoxy) is 1. The molecule has 1 fully saturated rings. The van der Waals surface area contributed by atoms with Gasteiger partial charge in [-0.2, -0.15) is 4.98 Å². The van der Waals surface area contributed by atoms with Gasteiger partial charge in [0, 0.05) is 31.7 Å². The van der Waals surface area contributed by atoms with Crippen LogP contribution >= 0.6 is 0 Å². The topological polar surface area (TPSA) is 58.6 Å². The molecule has 2 heterocycles. The Morgan fingerprint density at radius 3 is 2.37 bits per heavy atom. The standard InChI is InChI=1S/C21H22N4O2/c1-15(26)16-7-9-17(10-8-16)27-20-18-5-3-4-6-19(18)22-21(23-20)25-13-11-24(2)12-14-25/h3-10H,11-14H2,1-2H3. The minimum Gasteiger partial charge on any atom is -0.438 e. The van der Waals surface area contributed by atoms with Crippen LogP contribution in [0.2, 0.25) is 0 Å². The van der Waals surface area contributed by atoms with Crippen LogP contribution in [0.5, 0.6) is 11.6 Å². The maximum Gasteiger partial charge on any atom is 0.231 e. The van der Waals surface area contributed by atoms with Gasteiger partial charge >= 0.3 is 0 Å². The summed E-state index contributed by atoms with van der Waals surface area (Å²) in [5.74, 6) is 1.90. The average molecular weight is 362 g/mol. The monoisotopic (exact) mass is 362 g/mol. The molecule has 4 rings (SSSR count). The number of hydrogen-bond donors (Lipinski definition) is 0. The highest BCUT2D eigenvalue weighted by atomic mass is 16.5. The van der Waals surface area contributed by atoms with Crippen molar-refractivity contribution in [2.75, 3.05) is 38.1 Å². The summed E-state index contributed by atoms with van der Waals surface area (Å²) >= 11 is 0. The van der Waals surface area contributed by atoms with Crippen LogP contribution in [0.4, 0.5) is 5.95 Å². The number of likely N-dealkylation sites (N-methyl/N-ethyl adjacent to an activating group) is 1. The molecular weight excluding hydrogens is 340 g/mol. The molecule has 1 aliphatic heterocycles. The van der Waals surface area contributed by atoms with E-state index in [1.165, 1.54) is 0 Å². The number of ketones is 1. The Morgan fingerprint density at radius 1 is 0.963 bits per heavy atom. The Morgan fingerprint density at radius 2 is 1.67 bits per heavy atom. The first-order valence-corrected chi connectivity index (χ1v) is 9.09. The molecule has 1 aliphatic rings. The van der Waals surface area contributed by atoms with E-state index in [1.54, 1.807) is 31.2 Å². The fraction of sp³-hybridized carbons (Fsp3) is 0.286. The summed E-state index contributed by atoms with van der Waals surface area (Å²) in [7, 11) is 2.12. The van der Waals surface area contributed by atoms with Gasteiger partial charge in [0.25, 0.3) is 0 Å². The van der Waals surface area contributed by atoms with Gasteiger partial charge in [0.1, 0.15) is 5.75 Å². The van der Waals surface area contributed by atoms with Crippen molar-refractivity contribution in [3.8, 4) is 11.6 Å². The SMILES string of the molecule is CC(=O)c1ccc(Oc2nc(N3CCN(C)CC3)nc3ccccc23)cc1. The quantitative estimate of drug-likeness (QED) is 0.663. The lowest BCUT2D eigenvalue weighted by Crippen LogP contribution is -2.45. The third kappa shape index (κ3) is 3.75. The minimum absolute atomic E-state index is 0.0337. The molecule has 0 N–H and O–H groups in total. The number of para-hydroxylation sites is 1. The van der Waals surface area contributed by atoms with Crippen molar-refractivity contribution >= 4 is 22.6 Å². The van der Waals surface area contributed by atoms with E-state index >= 15 is 0 Å². The van der Waals surface area contributed by atoms with Gasteiger partial charge in [-0.15, -0.1) is 0 Å². The Bertz CT molecular complexity index is 964. The maximum atomic E-state index is 11.5. The highest BCUT2D eigenvalue weighted by molar-refractivity contribution is 5.94. The number of fused-ring (bicyclic) bond motifs is 1. The van der Waals surface area contributed by atoms with Gasteiger partial charge in [-0.1, -0.05) is 12.1 Å². The molecule has 0 spiro atoms. The van der Waals surface area contributed by atoms with Gasteiger partial charge in [0.15, 0.2) is 5.78 Å². The van der Waals surface area contributed by atoms with Crippen LogP contribution in [-0.4, -0.2) is 53.9 Å². The maximum absolute atomic E-state index is 11.5. The van der Waals surface area contributed by atoms with E-state index in [9.17, 15) is 4.79 Å². The molecule has 1 saturated heterocycles. The number of nitrogens with zero attached hydrogens (tertiary/aromatic N) is 4. The lowest BCUT2D eigenvalue weighted by atomic mass is 10.1. The van der Waals surface area contributed by atoms with Gasteiger partial charge in [-0.25, -0.2) is 4.98 Å². The van der Waals surface area contributed by atoms with Crippen LogP contribution in [0.25, 0.3) is 10.9 Å². The Kier molecular flexibility index (Phi) is 4.73. The van der Waals surface area contributed by atoms with Crippen molar-refractivity contribution in [3.63, 3.8) is 0 Å². The van der Waals surface area contributed by atoms with Crippen LogP contribution in [-0.2, 0) is 0 Å².